The lowest BCUT2D eigenvalue weighted by atomic mass is 10.1. The Kier molecular flexibility index (Phi) is 6.71. The number of hydrogen-bond donors (Lipinski definition) is 1. The van der Waals surface area contributed by atoms with Crippen LogP contribution in [0.1, 0.15) is 51.0 Å². The van der Waals surface area contributed by atoms with Crippen LogP contribution in [0, 0.1) is 0 Å². The van der Waals surface area contributed by atoms with Gasteiger partial charge in [0.1, 0.15) is 0 Å². The molecule has 122 valence electrons. The Labute approximate surface area is 139 Å². The van der Waals surface area contributed by atoms with Crippen molar-refractivity contribution in [1.29, 1.82) is 0 Å². The molecule has 0 spiro atoms. The second kappa shape index (κ2) is 8.54. The maximum Gasteiger partial charge on any atom is 0.237 e. The van der Waals surface area contributed by atoms with Crippen molar-refractivity contribution in [2.45, 2.75) is 64.1 Å². The van der Waals surface area contributed by atoms with Crippen molar-refractivity contribution >= 4 is 17.5 Å². The fourth-order valence-corrected chi connectivity index (χ4v) is 3.22. The molecule has 1 saturated carbocycles. The third kappa shape index (κ3) is 5.29. The molecule has 0 saturated heterocycles. The fraction of sp³-hybridized carbons (Fsp3) is 0.611. The molecule has 0 aromatic heterocycles. The zero-order valence-electron chi connectivity index (χ0n) is 13.6. The van der Waals surface area contributed by atoms with E-state index in [1.807, 2.05) is 38.2 Å². The van der Waals surface area contributed by atoms with Crippen LogP contribution < -0.4 is 5.32 Å². The molecule has 1 atom stereocenters. The minimum atomic E-state index is -0.137. The number of hydrogen-bond acceptors (Lipinski definition) is 2. The second-order valence-electron chi connectivity index (χ2n) is 6.42. The molecule has 2 rings (SSSR count). The lowest BCUT2D eigenvalue weighted by Crippen LogP contribution is -2.46. The minimum Gasteiger partial charge on any atom is -0.352 e. The molecule has 0 heterocycles. The molecular formula is C18H27ClN2O. The van der Waals surface area contributed by atoms with Crippen LogP contribution in [0.2, 0.25) is 5.02 Å². The summed E-state index contributed by atoms with van der Waals surface area (Å²) in [6.07, 6.45) is 7.31. The Hall–Kier alpha value is -1.06. The van der Waals surface area contributed by atoms with Gasteiger partial charge in [-0.05, 0) is 44.5 Å². The molecule has 0 aliphatic heterocycles. The SMILES string of the molecule is CC(C(=O)NC1CCCCCC1)N(C)Cc1cccc(Cl)c1. The summed E-state index contributed by atoms with van der Waals surface area (Å²) in [7, 11) is 1.98. The molecule has 0 bridgehead atoms. The first-order chi connectivity index (χ1) is 10.6. The number of rotatable bonds is 5. The highest BCUT2D eigenvalue weighted by Crippen LogP contribution is 2.18. The maximum atomic E-state index is 12.4. The van der Waals surface area contributed by atoms with Gasteiger partial charge in [-0.25, -0.2) is 0 Å². The van der Waals surface area contributed by atoms with Gasteiger partial charge in [0, 0.05) is 17.6 Å². The number of nitrogens with zero attached hydrogens (tertiary/aromatic N) is 1. The highest BCUT2D eigenvalue weighted by molar-refractivity contribution is 6.30. The fourth-order valence-electron chi connectivity index (χ4n) is 3.01. The highest BCUT2D eigenvalue weighted by Gasteiger charge is 2.21. The summed E-state index contributed by atoms with van der Waals surface area (Å²) >= 11 is 6.02. The van der Waals surface area contributed by atoms with Gasteiger partial charge in [0.25, 0.3) is 0 Å². The number of likely N-dealkylation sites (N-methyl/N-ethyl adjacent to an activating group) is 1. The predicted molar refractivity (Wildman–Crippen MR) is 92.0 cm³/mol. The molecule has 1 aliphatic rings. The number of amides is 1. The first-order valence-corrected chi connectivity index (χ1v) is 8.69. The zero-order chi connectivity index (χ0) is 15.9. The Morgan fingerprint density at radius 2 is 2.00 bits per heavy atom. The zero-order valence-corrected chi connectivity index (χ0v) is 14.4. The summed E-state index contributed by atoms with van der Waals surface area (Å²) in [5.41, 5.74) is 1.13. The monoisotopic (exact) mass is 322 g/mol. The van der Waals surface area contributed by atoms with Gasteiger partial charge in [0.15, 0.2) is 0 Å². The van der Waals surface area contributed by atoms with Gasteiger partial charge in [-0.2, -0.15) is 0 Å². The maximum absolute atomic E-state index is 12.4. The number of benzene rings is 1. The van der Waals surface area contributed by atoms with E-state index in [1.165, 1.54) is 25.7 Å². The summed E-state index contributed by atoms with van der Waals surface area (Å²) in [4.78, 5) is 14.5. The van der Waals surface area contributed by atoms with Gasteiger partial charge in [0.2, 0.25) is 5.91 Å². The van der Waals surface area contributed by atoms with Gasteiger partial charge in [-0.3, -0.25) is 9.69 Å². The molecule has 1 aliphatic carbocycles. The van der Waals surface area contributed by atoms with Crippen LogP contribution in [0.15, 0.2) is 24.3 Å². The van der Waals surface area contributed by atoms with Crippen LogP contribution in [-0.4, -0.2) is 29.9 Å². The second-order valence-corrected chi connectivity index (χ2v) is 6.85. The van der Waals surface area contributed by atoms with Gasteiger partial charge in [-0.15, -0.1) is 0 Å². The van der Waals surface area contributed by atoms with Crippen molar-refractivity contribution in [1.82, 2.24) is 10.2 Å². The summed E-state index contributed by atoms with van der Waals surface area (Å²) in [6.45, 7) is 2.69. The third-order valence-corrected chi connectivity index (χ3v) is 4.80. The van der Waals surface area contributed by atoms with E-state index in [4.69, 9.17) is 11.6 Å². The Morgan fingerprint density at radius 1 is 1.32 bits per heavy atom. The van der Waals surface area contributed by atoms with Gasteiger partial charge < -0.3 is 5.32 Å². The summed E-state index contributed by atoms with van der Waals surface area (Å²) in [6, 6.07) is 8.03. The largest absolute Gasteiger partial charge is 0.352 e. The van der Waals surface area contributed by atoms with Crippen molar-refractivity contribution in [2.75, 3.05) is 7.05 Å². The Bertz CT molecular complexity index is 484. The van der Waals surface area contributed by atoms with Crippen molar-refractivity contribution < 1.29 is 4.79 Å². The van der Waals surface area contributed by atoms with Crippen molar-refractivity contribution in [3.63, 3.8) is 0 Å². The van der Waals surface area contributed by atoms with Gasteiger partial charge in [0.05, 0.1) is 6.04 Å². The van der Waals surface area contributed by atoms with E-state index in [9.17, 15) is 4.79 Å². The van der Waals surface area contributed by atoms with E-state index in [1.54, 1.807) is 0 Å². The highest BCUT2D eigenvalue weighted by atomic mass is 35.5. The van der Waals surface area contributed by atoms with E-state index in [0.717, 1.165) is 30.0 Å². The number of carbonyl (C=O) groups excluding carboxylic acids is 1. The summed E-state index contributed by atoms with van der Waals surface area (Å²) in [5, 5.41) is 3.97. The third-order valence-electron chi connectivity index (χ3n) is 4.56. The number of nitrogens with one attached hydrogen (secondary N) is 1. The Balaban J connectivity index is 1.86. The van der Waals surface area contributed by atoms with E-state index >= 15 is 0 Å². The van der Waals surface area contributed by atoms with Crippen LogP contribution >= 0.6 is 11.6 Å². The molecule has 1 amide bonds. The average molecular weight is 323 g/mol. The molecule has 1 fully saturated rings. The molecule has 3 nitrogen and oxygen atoms in total. The topological polar surface area (TPSA) is 32.3 Å². The molecule has 0 radical (unpaired) electrons. The average Bonchev–Trinajstić information content (AvgIpc) is 2.75. The summed E-state index contributed by atoms with van der Waals surface area (Å²) < 4.78 is 0. The molecule has 1 aromatic rings. The van der Waals surface area contributed by atoms with Crippen LogP contribution in [0.5, 0.6) is 0 Å². The first-order valence-electron chi connectivity index (χ1n) is 8.31. The van der Waals surface area contributed by atoms with Crippen LogP contribution in [0.4, 0.5) is 0 Å². The first kappa shape index (κ1) is 17.3. The van der Waals surface area contributed by atoms with Crippen molar-refractivity contribution in [3.8, 4) is 0 Å². The van der Waals surface area contributed by atoms with E-state index in [-0.39, 0.29) is 11.9 Å². The lowest BCUT2D eigenvalue weighted by Gasteiger charge is -2.26. The molecule has 1 aromatic carbocycles. The summed E-state index contributed by atoms with van der Waals surface area (Å²) in [5.74, 6) is 0.136. The van der Waals surface area contributed by atoms with E-state index in [0.29, 0.717) is 6.04 Å². The molecule has 1 unspecified atom stereocenters. The minimum absolute atomic E-state index is 0.136. The predicted octanol–water partition coefficient (Wildman–Crippen LogP) is 4.00. The van der Waals surface area contributed by atoms with Gasteiger partial charge >= 0.3 is 0 Å². The standard InChI is InChI=1S/C18H27ClN2O/c1-14(18(22)20-17-10-5-3-4-6-11-17)21(2)13-15-8-7-9-16(19)12-15/h7-9,12,14,17H,3-6,10-11,13H2,1-2H3,(H,20,22). The number of halogens is 1. The van der Waals surface area contributed by atoms with Crippen molar-refractivity contribution in [3.05, 3.63) is 34.9 Å². The molecule has 4 heteroatoms. The molecule has 22 heavy (non-hydrogen) atoms. The molecular weight excluding hydrogens is 296 g/mol. The van der Waals surface area contributed by atoms with Crippen LogP contribution in [0.25, 0.3) is 0 Å². The Morgan fingerprint density at radius 3 is 2.64 bits per heavy atom. The normalized spacial score (nSPS) is 18.0. The van der Waals surface area contributed by atoms with Crippen LogP contribution in [0.3, 0.4) is 0 Å². The quantitative estimate of drug-likeness (QED) is 0.831. The number of carbonyl (C=O) groups is 1. The van der Waals surface area contributed by atoms with Crippen molar-refractivity contribution in [2.24, 2.45) is 0 Å². The molecule has 1 N–H and O–H groups in total. The smallest absolute Gasteiger partial charge is 0.237 e. The lowest BCUT2D eigenvalue weighted by molar-refractivity contribution is -0.126. The van der Waals surface area contributed by atoms with E-state index in [2.05, 4.69) is 10.2 Å². The van der Waals surface area contributed by atoms with Gasteiger partial charge in [-0.1, -0.05) is 49.4 Å². The van der Waals surface area contributed by atoms with Crippen LogP contribution in [-0.2, 0) is 11.3 Å². The van der Waals surface area contributed by atoms with E-state index < -0.39 is 0 Å².